The minimum absolute atomic E-state index is 1.01. The Morgan fingerprint density at radius 3 is 2.60 bits per heavy atom. The first-order chi connectivity index (χ1) is 4.72. The van der Waals surface area contributed by atoms with Crippen molar-refractivity contribution in [3.63, 3.8) is 0 Å². The van der Waals surface area contributed by atoms with Crippen molar-refractivity contribution in [1.29, 1.82) is 0 Å². The van der Waals surface area contributed by atoms with Gasteiger partial charge in [0.1, 0.15) is 5.82 Å². The highest BCUT2D eigenvalue weighted by Crippen LogP contribution is 2.04. The van der Waals surface area contributed by atoms with Gasteiger partial charge < -0.3 is 4.90 Å². The highest BCUT2D eigenvalue weighted by atomic mass is 31.0. The predicted molar refractivity (Wildman–Crippen MR) is 47.9 cm³/mol. The second-order valence-corrected chi connectivity index (χ2v) is 2.93. The molecule has 0 fully saturated rings. The maximum atomic E-state index is 4.18. The van der Waals surface area contributed by atoms with Gasteiger partial charge in [0.05, 0.1) is 0 Å². The van der Waals surface area contributed by atoms with Gasteiger partial charge in [0.15, 0.2) is 0 Å². The van der Waals surface area contributed by atoms with Crippen LogP contribution in [0.25, 0.3) is 0 Å². The molecule has 0 saturated carbocycles. The van der Waals surface area contributed by atoms with Gasteiger partial charge in [-0.3, -0.25) is 0 Å². The van der Waals surface area contributed by atoms with Crippen LogP contribution in [0.5, 0.6) is 0 Å². The van der Waals surface area contributed by atoms with Gasteiger partial charge in [-0.1, -0.05) is 0 Å². The lowest BCUT2D eigenvalue weighted by molar-refractivity contribution is 1.08. The molecule has 1 aromatic rings. The van der Waals surface area contributed by atoms with Crippen LogP contribution >= 0.6 is 9.24 Å². The fourth-order valence-corrected chi connectivity index (χ4v) is 1.23. The van der Waals surface area contributed by atoms with E-state index in [1.165, 1.54) is 0 Å². The average molecular weight is 154 g/mol. The SMILES string of the molecule is CN(C)c1ncccc1P. The molecule has 0 aliphatic rings. The van der Waals surface area contributed by atoms with Gasteiger partial charge in [-0.05, 0) is 12.1 Å². The molecule has 0 N–H and O–H groups in total. The third-order valence-corrected chi connectivity index (χ3v) is 1.69. The molecule has 54 valence electrons. The van der Waals surface area contributed by atoms with E-state index in [0.29, 0.717) is 0 Å². The zero-order valence-corrected chi connectivity index (χ0v) is 7.36. The molecule has 0 spiro atoms. The standard InChI is InChI=1S/C7H11N2P/c1-9(2)7-6(10)4-3-5-8-7/h3-5H,10H2,1-2H3. The number of pyridine rings is 1. The number of hydrogen-bond donors (Lipinski definition) is 0. The Balaban J connectivity index is 3.03. The lowest BCUT2D eigenvalue weighted by atomic mass is 10.4. The summed E-state index contributed by atoms with van der Waals surface area (Å²) in [5, 5.41) is 1.13. The van der Waals surface area contributed by atoms with Gasteiger partial charge >= 0.3 is 0 Å². The van der Waals surface area contributed by atoms with Crippen molar-refractivity contribution in [3.05, 3.63) is 18.3 Å². The minimum Gasteiger partial charge on any atom is -0.362 e. The summed E-state index contributed by atoms with van der Waals surface area (Å²) < 4.78 is 0. The van der Waals surface area contributed by atoms with Crippen molar-refractivity contribution >= 4 is 20.4 Å². The monoisotopic (exact) mass is 154 g/mol. The molecule has 0 amide bonds. The first kappa shape index (κ1) is 7.49. The van der Waals surface area contributed by atoms with Crippen LogP contribution in [0.2, 0.25) is 0 Å². The fraction of sp³-hybridized carbons (Fsp3) is 0.286. The van der Waals surface area contributed by atoms with Crippen LogP contribution in [0.15, 0.2) is 18.3 Å². The summed E-state index contributed by atoms with van der Waals surface area (Å²) in [5.41, 5.74) is 0. The predicted octanol–water partition coefficient (Wildman–Crippen LogP) is 0.648. The molecule has 1 aromatic heterocycles. The van der Waals surface area contributed by atoms with E-state index in [1.54, 1.807) is 6.20 Å². The maximum Gasteiger partial charge on any atom is 0.135 e. The molecule has 0 aliphatic heterocycles. The molecule has 1 rings (SSSR count). The lowest BCUT2D eigenvalue weighted by Crippen LogP contribution is -2.16. The van der Waals surface area contributed by atoms with Crippen LogP contribution < -0.4 is 10.2 Å². The summed E-state index contributed by atoms with van der Waals surface area (Å²) >= 11 is 0. The Morgan fingerprint density at radius 1 is 1.50 bits per heavy atom. The number of hydrogen-bond acceptors (Lipinski definition) is 2. The third-order valence-electron chi connectivity index (χ3n) is 1.24. The Hall–Kier alpha value is -0.620. The van der Waals surface area contributed by atoms with Crippen molar-refractivity contribution in [2.24, 2.45) is 0 Å². The average Bonchev–Trinajstić information content (AvgIpc) is 1.88. The van der Waals surface area contributed by atoms with E-state index >= 15 is 0 Å². The van der Waals surface area contributed by atoms with Crippen LogP contribution in [0.4, 0.5) is 5.82 Å². The highest BCUT2D eigenvalue weighted by Gasteiger charge is 1.97. The van der Waals surface area contributed by atoms with Gasteiger partial charge in [-0.15, -0.1) is 9.24 Å². The van der Waals surface area contributed by atoms with E-state index in [0.717, 1.165) is 11.1 Å². The van der Waals surface area contributed by atoms with E-state index in [2.05, 4.69) is 14.2 Å². The number of aromatic nitrogens is 1. The summed E-state index contributed by atoms with van der Waals surface area (Å²) in [5.74, 6) is 1.01. The van der Waals surface area contributed by atoms with Crippen LogP contribution in [0, 0.1) is 0 Å². The highest BCUT2D eigenvalue weighted by molar-refractivity contribution is 7.28. The van der Waals surface area contributed by atoms with Crippen molar-refractivity contribution < 1.29 is 0 Å². The van der Waals surface area contributed by atoms with Gasteiger partial charge in [-0.2, -0.15) is 0 Å². The van der Waals surface area contributed by atoms with Crippen LogP contribution in [0.3, 0.4) is 0 Å². The summed E-state index contributed by atoms with van der Waals surface area (Å²) in [6, 6.07) is 3.95. The molecule has 2 nitrogen and oxygen atoms in total. The molecule has 3 heteroatoms. The van der Waals surface area contributed by atoms with Crippen molar-refractivity contribution in [2.45, 2.75) is 0 Å². The minimum atomic E-state index is 1.01. The topological polar surface area (TPSA) is 16.1 Å². The smallest absolute Gasteiger partial charge is 0.135 e. The summed E-state index contributed by atoms with van der Waals surface area (Å²) in [6.45, 7) is 0. The van der Waals surface area contributed by atoms with Crippen LogP contribution in [-0.4, -0.2) is 19.1 Å². The quantitative estimate of drug-likeness (QED) is 0.552. The Kier molecular flexibility index (Phi) is 2.23. The van der Waals surface area contributed by atoms with E-state index in [4.69, 9.17) is 0 Å². The molecular formula is C7H11N2P. The molecule has 1 atom stereocenters. The van der Waals surface area contributed by atoms with Gasteiger partial charge in [0, 0.05) is 25.6 Å². The maximum absolute atomic E-state index is 4.18. The van der Waals surface area contributed by atoms with E-state index in [9.17, 15) is 0 Å². The van der Waals surface area contributed by atoms with Crippen LogP contribution in [-0.2, 0) is 0 Å². The molecule has 1 heterocycles. The Morgan fingerprint density at radius 2 is 2.20 bits per heavy atom. The molecular weight excluding hydrogens is 143 g/mol. The van der Waals surface area contributed by atoms with Crippen molar-refractivity contribution in [3.8, 4) is 0 Å². The Bertz CT molecular complexity index is 223. The van der Waals surface area contributed by atoms with Gasteiger partial charge in [-0.25, -0.2) is 4.98 Å². The number of rotatable bonds is 1. The first-order valence-corrected chi connectivity index (χ1v) is 3.67. The fourth-order valence-electron chi connectivity index (χ4n) is 0.783. The molecule has 0 bridgehead atoms. The van der Waals surface area contributed by atoms with Crippen LogP contribution in [0.1, 0.15) is 0 Å². The molecule has 0 radical (unpaired) electrons. The lowest BCUT2D eigenvalue weighted by Gasteiger charge is -2.12. The molecule has 1 unspecified atom stereocenters. The normalized spacial score (nSPS) is 9.50. The molecule has 0 saturated heterocycles. The second-order valence-electron chi connectivity index (χ2n) is 2.31. The largest absolute Gasteiger partial charge is 0.362 e. The summed E-state index contributed by atoms with van der Waals surface area (Å²) in [6.07, 6.45) is 1.79. The van der Waals surface area contributed by atoms with E-state index in [-0.39, 0.29) is 0 Å². The van der Waals surface area contributed by atoms with E-state index in [1.807, 2.05) is 31.1 Å². The third kappa shape index (κ3) is 1.45. The Labute approximate surface area is 63.5 Å². The van der Waals surface area contributed by atoms with E-state index < -0.39 is 0 Å². The van der Waals surface area contributed by atoms with Gasteiger partial charge in [0.2, 0.25) is 0 Å². The van der Waals surface area contributed by atoms with Gasteiger partial charge in [0.25, 0.3) is 0 Å². The molecule has 0 aromatic carbocycles. The molecule has 0 aliphatic carbocycles. The summed E-state index contributed by atoms with van der Waals surface area (Å²) in [4.78, 5) is 6.17. The molecule has 10 heavy (non-hydrogen) atoms. The van der Waals surface area contributed by atoms with Crippen molar-refractivity contribution in [1.82, 2.24) is 4.98 Å². The zero-order chi connectivity index (χ0) is 7.56. The second kappa shape index (κ2) is 2.98. The zero-order valence-electron chi connectivity index (χ0n) is 6.20. The first-order valence-electron chi connectivity index (χ1n) is 3.09. The number of anilines is 1. The summed E-state index contributed by atoms with van der Waals surface area (Å²) in [7, 11) is 6.62. The number of nitrogens with zero attached hydrogens (tertiary/aromatic N) is 2. The van der Waals surface area contributed by atoms with Crippen molar-refractivity contribution in [2.75, 3.05) is 19.0 Å².